The molecule has 0 radical (unpaired) electrons. The van der Waals surface area contributed by atoms with Gasteiger partial charge >= 0.3 is 0 Å². The Morgan fingerprint density at radius 3 is 2.23 bits per heavy atom. The highest BCUT2D eigenvalue weighted by Crippen LogP contribution is 2.24. The number of hydrogen-bond donors (Lipinski definition) is 1. The number of rotatable bonds is 11. The van der Waals surface area contributed by atoms with Gasteiger partial charge in [-0.3, -0.25) is 9.59 Å². The smallest absolute Gasteiger partial charge is 0.243 e. The summed E-state index contributed by atoms with van der Waals surface area (Å²) in [5, 5.41) is 4.25. The topological polar surface area (TPSA) is 49.4 Å². The molecule has 0 saturated carbocycles. The normalized spacial score (nSPS) is 11.8. The predicted octanol–water partition coefficient (Wildman–Crippen LogP) is 6.64. The van der Waals surface area contributed by atoms with Gasteiger partial charge in [-0.1, -0.05) is 71.7 Å². The molecule has 7 heteroatoms. The number of nitrogens with one attached hydrogen (secondary N) is 1. The second kappa shape index (κ2) is 13.6. The second-order valence-corrected chi connectivity index (χ2v) is 10.5. The van der Waals surface area contributed by atoms with Gasteiger partial charge in [0.2, 0.25) is 11.8 Å². The van der Waals surface area contributed by atoms with Gasteiger partial charge in [-0.05, 0) is 55.3 Å². The van der Waals surface area contributed by atoms with E-state index in [0.29, 0.717) is 22.2 Å². The lowest BCUT2D eigenvalue weighted by molar-refractivity contribution is -0.141. The lowest BCUT2D eigenvalue weighted by Gasteiger charge is -2.32. The van der Waals surface area contributed by atoms with Crippen molar-refractivity contribution in [1.82, 2.24) is 10.2 Å². The van der Waals surface area contributed by atoms with Crippen LogP contribution in [0, 0.1) is 0 Å². The first-order chi connectivity index (χ1) is 16.8. The van der Waals surface area contributed by atoms with Gasteiger partial charge in [0.15, 0.2) is 0 Å². The molecule has 0 aliphatic carbocycles. The van der Waals surface area contributed by atoms with Gasteiger partial charge in [0.1, 0.15) is 6.04 Å². The quantitative estimate of drug-likeness (QED) is 0.283. The molecule has 0 heterocycles. The summed E-state index contributed by atoms with van der Waals surface area (Å²) in [6.07, 6.45) is 0.706. The second-order valence-electron chi connectivity index (χ2n) is 8.53. The van der Waals surface area contributed by atoms with Crippen LogP contribution in [0.15, 0.2) is 83.8 Å². The highest BCUT2D eigenvalue weighted by atomic mass is 35.5. The predicted molar refractivity (Wildman–Crippen MR) is 146 cm³/mol. The van der Waals surface area contributed by atoms with Crippen LogP contribution >= 0.6 is 35.0 Å². The van der Waals surface area contributed by atoms with Crippen LogP contribution in [-0.2, 0) is 22.6 Å². The molecule has 1 N–H and O–H groups in total. The summed E-state index contributed by atoms with van der Waals surface area (Å²) in [7, 11) is 0. The van der Waals surface area contributed by atoms with Crippen LogP contribution in [0.2, 0.25) is 10.0 Å². The lowest BCUT2D eigenvalue weighted by Crippen LogP contribution is -2.51. The van der Waals surface area contributed by atoms with E-state index in [1.165, 1.54) is 0 Å². The fourth-order valence-electron chi connectivity index (χ4n) is 3.68. The fraction of sp³-hybridized carbons (Fsp3) is 0.286. The van der Waals surface area contributed by atoms with E-state index in [0.717, 1.165) is 16.0 Å². The maximum atomic E-state index is 13.6. The molecule has 1 atom stereocenters. The third-order valence-corrected chi connectivity index (χ3v) is 7.03. The molecular weight excluding hydrogens is 499 g/mol. The minimum absolute atomic E-state index is 0.0431. The monoisotopic (exact) mass is 528 g/mol. The third-order valence-electron chi connectivity index (χ3n) is 5.40. The number of amides is 2. The average Bonchev–Trinajstić information content (AvgIpc) is 2.83. The molecule has 3 aromatic rings. The molecule has 0 aliphatic heterocycles. The molecule has 4 nitrogen and oxygen atoms in total. The summed E-state index contributed by atoms with van der Waals surface area (Å²) in [6.45, 7) is 4.09. The summed E-state index contributed by atoms with van der Waals surface area (Å²) >= 11 is 14.0. The Bertz CT molecular complexity index is 1110. The molecule has 0 bridgehead atoms. The van der Waals surface area contributed by atoms with Gasteiger partial charge < -0.3 is 10.2 Å². The van der Waals surface area contributed by atoms with E-state index in [-0.39, 0.29) is 30.8 Å². The van der Waals surface area contributed by atoms with E-state index >= 15 is 0 Å². The molecule has 0 aromatic heterocycles. The van der Waals surface area contributed by atoms with Crippen LogP contribution in [0.4, 0.5) is 0 Å². The molecule has 184 valence electrons. The maximum Gasteiger partial charge on any atom is 0.243 e. The van der Waals surface area contributed by atoms with Gasteiger partial charge in [0, 0.05) is 46.1 Å². The maximum absolute atomic E-state index is 13.6. The Hall–Kier alpha value is -2.47. The Labute approximate surface area is 222 Å². The minimum atomic E-state index is -0.663. The van der Waals surface area contributed by atoms with Gasteiger partial charge in [0.05, 0.1) is 0 Å². The molecule has 0 fully saturated rings. The molecule has 3 aromatic carbocycles. The van der Waals surface area contributed by atoms with E-state index in [1.54, 1.807) is 22.7 Å². The van der Waals surface area contributed by atoms with Gasteiger partial charge in [-0.15, -0.1) is 11.8 Å². The third kappa shape index (κ3) is 8.60. The molecule has 3 rings (SSSR count). The Morgan fingerprint density at radius 2 is 1.57 bits per heavy atom. The molecule has 0 saturated heterocycles. The highest BCUT2D eigenvalue weighted by Gasteiger charge is 2.30. The van der Waals surface area contributed by atoms with Gasteiger partial charge in [-0.25, -0.2) is 0 Å². The van der Waals surface area contributed by atoms with Gasteiger partial charge in [0.25, 0.3) is 0 Å². The van der Waals surface area contributed by atoms with E-state index in [4.69, 9.17) is 23.2 Å². The number of halogens is 2. The summed E-state index contributed by atoms with van der Waals surface area (Å²) < 4.78 is 0. The first-order valence-electron chi connectivity index (χ1n) is 11.6. The van der Waals surface area contributed by atoms with Crippen LogP contribution in [0.25, 0.3) is 0 Å². The number of carbonyl (C=O) groups is 2. The van der Waals surface area contributed by atoms with Crippen LogP contribution in [0.1, 0.15) is 31.4 Å². The molecule has 0 aliphatic rings. The van der Waals surface area contributed by atoms with Crippen molar-refractivity contribution in [2.24, 2.45) is 0 Å². The molecule has 0 spiro atoms. The highest BCUT2D eigenvalue weighted by molar-refractivity contribution is 7.99. The van der Waals surface area contributed by atoms with E-state index in [1.807, 2.05) is 86.6 Å². The first-order valence-corrected chi connectivity index (χ1v) is 13.3. The minimum Gasteiger partial charge on any atom is -0.352 e. The fourth-order valence-corrected chi connectivity index (χ4v) is 4.84. The van der Waals surface area contributed by atoms with Crippen LogP contribution in [0.3, 0.4) is 0 Å². The summed E-state index contributed by atoms with van der Waals surface area (Å²) in [5.41, 5.74) is 1.80. The average molecular weight is 530 g/mol. The van der Waals surface area contributed by atoms with Crippen molar-refractivity contribution >= 4 is 46.8 Å². The molecule has 35 heavy (non-hydrogen) atoms. The zero-order valence-electron chi connectivity index (χ0n) is 19.9. The molecule has 2 amide bonds. The summed E-state index contributed by atoms with van der Waals surface area (Å²) in [6, 6.07) is 24.1. The van der Waals surface area contributed by atoms with Crippen molar-refractivity contribution in [1.29, 1.82) is 0 Å². The van der Waals surface area contributed by atoms with E-state index in [2.05, 4.69) is 5.32 Å². The Morgan fingerprint density at radius 1 is 0.914 bits per heavy atom. The Kier molecular flexibility index (Phi) is 10.5. The summed E-state index contributed by atoms with van der Waals surface area (Å²) in [5.74, 6) is 0.324. The number of nitrogens with zero attached hydrogens (tertiary/aromatic N) is 1. The zero-order valence-corrected chi connectivity index (χ0v) is 22.2. The van der Waals surface area contributed by atoms with Crippen molar-refractivity contribution in [2.45, 2.75) is 50.2 Å². The standard InChI is InChI=1S/C28H30Cl2N2O2S/c1-20(2)31-28(34)26(18-21-8-4-3-5-9-21)32(19-22-10-6-7-11-25(22)30)27(33)16-17-35-24-14-12-23(29)13-15-24/h3-15,20,26H,16-19H2,1-2H3,(H,31,34)/t26-/m1/s1. The van der Waals surface area contributed by atoms with Crippen molar-refractivity contribution in [3.8, 4) is 0 Å². The molecule has 0 unspecified atom stereocenters. The van der Waals surface area contributed by atoms with Crippen molar-refractivity contribution in [2.75, 3.05) is 5.75 Å². The zero-order chi connectivity index (χ0) is 25.2. The van der Waals surface area contributed by atoms with Gasteiger partial charge in [-0.2, -0.15) is 0 Å². The lowest BCUT2D eigenvalue weighted by atomic mass is 10.0. The number of hydrogen-bond acceptors (Lipinski definition) is 3. The molecular formula is C28H30Cl2N2O2S. The SMILES string of the molecule is CC(C)NC(=O)[C@@H](Cc1ccccc1)N(Cc1ccccc1Cl)C(=O)CCSc1ccc(Cl)cc1. The number of thioether (sulfide) groups is 1. The van der Waals surface area contributed by atoms with E-state index < -0.39 is 6.04 Å². The van der Waals surface area contributed by atoms with Crippen molar-refractivity contribution < 1.29 is 9.59 Å². The van der Waals surface area contributed by atoms with Crippen molar-refractivity contribution in [3.63, 3.8) is 0 Å². The summed E-state index contributed by atoms with van der Waals surface area (Å²) in [4.78, 5) is 29.7. The number of carbonyl (C=O) groups excluding carboxylic acids is 2. The number of benzene rings is 3. The van der Waals surface area contributed by atoms with Crippen LogP contribution < -0.4 is 5.32 Å². The largest absolute Gasteiger partial charge is 0.352 e. The Balaban J connectivity index is 1.85. The van der Waals surface area contributed by atoms with Crippen molar-refractivity contribution in [3.05, 3.63) is 100 Å². The van der Waals surface area contributed by atoms with Crippen LogP contribution in [-0.4, -0.2) is 34.6 Å². The van der Waals surface area contributed by atoms with Crippen LogP contribution in [0.5, 0.6) is 0 Å². The first kappa shape index (κ1) is 27.1. The van der Waals surface area contributed by atoms with E-state index in [9.17, 15) is 9.59 Å².